The van der Waals surface area contributed by atoms with Gasteiger partial charge in [0.05, 0.1) is 23.0 Å². The smallest absolute Gasteiger partial charge is 0.256 e. The molecule has 1 aliphatic rings. The third-order valence-corrected chi connectivity index (χ3v) is 4.96. The van der Waals surface area contributed by atoms with Gasteiger partial charge in [-0.3, -0.25) is 9.48 Å². The SMILES string of the molecule is Cc1cc(C)n([C@@H]2CCCN(C(=O)c3ccccc3-n3cccn3)C2)n1. The Labute approximate surface area is 153 Å². The minimum Gasteiger partial charge on any atom is -0.336 e. The molecule has 1 amide bonds. The van der Waals surface area contributed by atoms with Gasteiger partial charge < -0.3 is 4.90 Å². The maximum Gasteiger partial charge on any atom is 0.256 e. The van der Waals surface area contributed by atoms with Crippen molar-refractivity contribution in [3.05, 3.63) is 65.7 Å². The number of piperidine rings is 1. The van der Waals surface area contributed by atoms with E-state index in [9.17, 15) is 4.79 Å². The Balaban J connectivity index is 1.60. The Morgan fingerprint density at radius 1 is 1.19 bits per heavy atom. The number of aromatic nitrogens is 4. The molecule has 0 unspecified atom stereocenters. The van der Waals surface area contributed by atoms with Crippen LogP contribution in [0, 0.1) is 13.8 Å². The van der Waals surface area contributed by atoms with E-state index in [-0.39, 0.29) is 11.9 Å². The highest BCUT2D eigenvalue weighted by Gasteiger charge is 2.28. The van der Waals surface area contributed by atoms with Crippen molar-refractivity contribution in [3.8, 4) is 5.69 Å². The van der Waals surface area contributed by atoms with Gasteiger partial charge in [-0.1, -0.05) is 12.1 Å². The first-order valence-electron chi connectivity index (χ1n) is 9.04. The van der Waals surface area contributed by atoms with E-state index in [2.05, 4.69) is 27.9 Å². The molecule has 26 heavy (non-hydrogen) atoms. The molecule has 134 valence electrons. The second-order valence-electron chi connectivity index (χ2n) is 6.89. The maximum absolute atomic E-state index is 13.2. The number of hydrogen-bond donors (Lipinski definition) is 0. The van der Waals surface area contributed by atoms with Crippen LogP contribution < -0.4 is 0 Å². The molecule has 6 nitrogen and oxygen atoms in total. The lowest BCUT2D eigenvalue weighted by molar-refractivity contribution is 0.0671. The van der Waals surface area contributed by atoms with E-state index in [1.54, 1.807) is 10.9 Å². The van der Waals surface area contributed by atoms with Gasteiger partial charge in [0, 0.05) is 31.2 Å². The first-order chi connectivity index (χ1) is 12.6. The van der Waals surface area contributed by atoms with Crippen molar-refractivity contribution >= 4 is 5.91 Å². The number of rotatable bonds is 3. The highest BCUT2D eigenvalue weighted by atomic mass is 16.2. The van der Waals surface area contributed by atoms with Crippen molar-refractivity contribution in [2.75, 3.05) is 13.1 Å². The average molecular weight is 349 g/mol. The van der Waals surface area contributed by atoms with Gasteiger partial charge in [-0.2, -0.15) is 10.2 Å². The van der Waals surface area contributed by atoms with Gasteiger partial charge in [-0.15, -0.1) is 0 Å². The highest BCUT2D eigenvalue weighted by molar-refractivity contribution is 5.97. The van der Waals surface area contributed by atoms with Gasteiger partial charge in [0.25, 0.3) is 5.91 Å². The topological polar surface area (TPSA) is 56.0 Å². The van der Waals surface area contributed by atoms with E-state index in [1.165, 1.54) is 0 Å². The number of carbonyl (C=O) groups is 1. The fourth-order valence-corrected chi connectivity index (χ4v) is 3.79. The molecule has 0 N–H and O–H groups in total. The molecule has 1 atom stereocenters. The first-order valence-corrected chi connectivity index (χ1v) is 9.04. The normalized spacial score (nSPS) is 17.5. The lowest BCUT2D eigenvalue weighted by Crippen LogP contribution is -2.41. The molecule has 0 radical (unpaired) electrons. The molecule has 0 saturated carbocycles. The van der Waals surface area contributed by atoms with Gasteiger partial charge in [0.2, 0.25) is 0 Å². The van der Waals surface area contributed by atoms with E-state index in [0.29, 0.717) is 12.1 Å². The first kappa shape index (κ1) is 16.6. The third kappa shape index (κ3) is 3.03. The van der Waals surface area contributed by atoms with E-state index >= 15 is 0 Å². The predicted molar refractivity (Wildman–Crippen MR) is 99.4 cm³/mol. The van der Waals surface area contributed by atoms with Crippen LogP contribution in [-0.2, 0) is 0 Å². The number of para-hydroxylation sites is 1. The summed E-state index contributed by atoms with van der Waals surface area (Å²) < 4.78 is 3.82. The van der Waals surface area contributed by atoms with Crippen LogP contribution >= 0.6 is 0 Å². The molecule has 1 saturated heterocycles. The number of carbonyl (C=O) groups excluding carboxylic acids is 1. The second kappa shape index (κ2) is 6.78. The van der Waals surface area contributed by atoms with Gasteiger partial charge in [0.1, 0.15) is 0 Å². The lowest BCUT2D eigenvalue weighted by Gasteiger charge is -2.33. The Hall–Kier alpha value is -2.89. The number of amides is 1. The monoisotopic (exact) mass is 349 g/mol. The van der Waals surface area contributed by atoms with Crippen molar-refractivity contribution < 1.29 is 4.79 Å². The third-order valence-electron chi connectivity index (χ3n) is 4.96. The van der Waals surface area contributed by atoms with E-state index in [1.807, 2.05) is 48.4 Å². The van der Waals surface area contributed by atoms with Crippen molar-refractivity contribution in [1.82, 2.24) is 24.5 Å². The number of hydrogen-bond acceptors (Lipinski definition) is 3. The molecule has 1 aliphatic heterocycles. The minimum absolute atomic E-state index is 0.0577. The molecule has 3 aromatic rings. The Kier molecular flexibility index (Phi) is 4.32. The summed E-state index contributed by atoms with van der Waals surface area (Å²) in [4.78, 5) is 15.2. The molecule has 0 aliphatic carbocycles. The van der Waals surface area contributed by atoms with E-state index < -0.39 is 0 Å². The summed E-state index contributed by atoms with van der Waals surface area (Å²) in [6.45, 7) is 5.56. The van der Waals surface area contributed by atoms with Gasteiger partial charge >= 0.3 is 0 Å². The van der Waals surface area contributed by atoms with Gasteiger partial charge in [0.15, 0.2) is 0 Å². The van der Waals surface area contributed by atoms with E-state index in [4.69, 9.17) is 0 Å². The Morgan fingerprint density at radius 3 is 2.77 bits per heavy atom. The zero-order valence-corrected chi connectivity index (χ0v) is 15.2. The average Bonchev–Trinajstić information content (AvgIpc) is 3.31. The van der Waals surface area contributed by atoms with Crippen LogP contribution in [0.1, 0.15) is 40.6 Å². The van der Waals surface area contributed by atoms with Crippen LogP contribution in [0.5, 0.6) is 0 Å². The van der Waals surface area contributed by atoms with Crippen LogP contribution in [0.25, 0.3) is 5.69 Å². The molecule has 1 aromatic carbocycles. The number of likely N-dealkylation sites (tertiary alicyclic amines) is 1. The molecule has 6 heteroatoms. The van der Waals surface area contributed by atoms with Crippen molar-refractivity contribution in [2.24, 2.45) is 0 Å². The summed E-state index contributed by atoms with van der Waals surface area (Å²) in [5.41, 5.74) is 3.68. The predicted octanol–water partition coefficient (Wildman–Crippen LogP) is 3.16. The lowest BCUT2D eigenvalue weighted by atomic mass is 10.0. The minimum atomic E-state index is 0.0577. The van der Waals surface area contributed by atoms with Crippen LogP contribution in [-0.4, -0.2) is 43.5 Å². The molecular formula is C20H23N5O. The van der Waals surface area contributed by atoms with Gasteiger partial charge in [-0.25, -0.2) is 4.68 Å². The van der Waals surface area contributed by atoms with Crippen molar-refractivity contribution in [3.63, 3.8) is 0 Å². The summed E-state index contributed by atoms with van der Waals surface area (Å²) in [5, 5.41) is 8.91. The fraction of sp³-hybridized carbons (Fsp3) is 0.350. The summed E-state index contributed by atoms with van der Waals surface area (Å²) >= 11 is 0. The summed E-state index contributed by atoms with van der Waals surface area (Å²) in [6.07, 6.45) is 5.62. The summed E-state index contributed by atoms with van der Waals surface area (Å²) in [6, 6.07) is 11.8. The summed E-state index contributed by atoms with van der Waals surface area (Å²) in [7, 11) is 0. The second-order valence-corrected chi connectivity index (χ2v) is 6.89. The standard InChI is InChI=1S/C20H23N5O/c1-15-13-16(2)25(22-15)17-7-5-11-23(14-17)20(26)18-8-3-4-9-19(18)24-12-6-10-21-24/h3-4,6,8-10,12-13,17H,5,7,11,14H2,1-2H3/t17-/m1/s1. The van der Waals surface area contributed by atoms with Crippen LogP contribution in [0.15, 0.2) is 48.8 Å². The number of benzene rings is 1. The van der Waals surface area contributed by atoms with Crippen LogP contribution in [0.2, 0.25) is 0 Å². The molecule has 2 aromatic heterocycles. The maximum atomic E-state index is 13.2. The Bertz CT molecular complexity index is 912. The summed E-state index contributed by atoms with van der Waals surface area (Å²) in [5.74, 6) is 0.0577. The fourth-order valence-electron chi connectivity index (χ4n) is 3.79. The number of aryl methyl sites for hydroxylation is 2. The molecule has 0 bridgehead atoms. The van der Waals surface area contributed by atoms with Crippen molar-refractivity contribution in [1.29, 1.82) is 0 Å². The van der Waals surface area contributed by atoms with Gasteiger partial charge in [-0.05, 0) is 51.0 Å². The Morgan fingerprint density at radius 2 is 2.04 bits per heavy atom. The highest BCUT2D eigenvalue weighted by Crippen LogP contribution is 2.25. The van der Waals surface area contributed by atoms with E-state index in [0.717, 1.165) is 36.5 Å². The molecular weight excluding hydrogens is 326 g/mol. The van der Waals surface area contributed by atoms with Crippen LogP contribution in [0.3, 0.4) is 0 Å². The van der Waals surface area contributed by atoms with Crippen molar-refractivity contribution in [2.45, 2.75) is 32.7 Å². The zero-order valence-electron chi connectivity index (χ0n) is 15.2. The number of nitrogens with zero attached hydrogens (tertiary/aromatic N) is 5. The molecule has 3 heterocycles. The quantitative estimate of drug-likeness (QED) is 0.730. The molecule has 4 rings (SSSR count). The zero-order chi connectivity index (χ0) is 18.1. The van der Waals surface area contributed by atoms with Crippen LogP contribution in [0.4, 0.5) is 0 Å². The molecule has 1 fully saturated rings. The largest absolute Gasteiger partial charge is 0.336 e. The molecule has 0 spiro atoms.